The van der Waals surface area contributed by atoms with Gasteiger partial charge in [-0.1, -0.05) is 0 Å². The van der Waals surface area contributed by atoms with Crippen LogP contribution in [-0.2, 0) is 0 Å². The van der Waals surface area contributed by atoms with E-state index < -0.39 is 0 Å². The Labute approximate surface area is 73.5 Å². The highest BCUT2D eigenvalue weighted by Crippen LogP contribution is 2.17. The summed E-state index contributed by atoms with van der Waals surface area (Å²) in [6.07, 6.45) is 0. The van der Waals surface area contributed by atoms with Crippen molar-refractivity contribution in [2.24, 2.45) is 0 Å². The van der Waals surface area contributed by atoms with Crippen LogP contribution in [0.1, 0.15) is 0 Å². The van der Waals surface area contributed by atoms with E-state index in [-0.39, 0.29) is 0 Å². The molecule has 2 aromatic heterocycles. The smallest absolute Gasteiger partial charge is 0.245 e. The van der Waals surface area contributed by atoms with Crippen LogP contribution in [0.15, 0.2) is 4.63 Å². The van der Waals surface area contributed by atoms with E-state index in [1.165, 1.54) is 0 Å². The molecule has 0 saturated carbocycles. The second-order valence-electron chi connectivity index (χ2n) is 2.74. The van der Waals surface area contributed by atoms with Crippen LogP contribution in [0.25, 0.3) is 11.3 Å². The molecule has 7 heteroatoms. The minimum absolute atomic E-state index is 0.313. The van der Waals surface area contributed by atoms with E-state index in [1.807, 2.05) is 14.1 Å². The lowest BCUT2D eigenvalue weighted by Crippen LogP contribution is -2.14. The SMILES string of the molecule is CN(C)c1nc2nonc2nc1N. The monoisotopic (exact) mass is 180 g/mol. The van der Waals surface area contributed by atoms with Gasteiger partial charge in [-0.15, -0.1) is 0 Å². The van der Waals surface area contributed by atoms with Crippen molar-refractivity contribution in [2.45, 2.75) is 0 Å². The van der Waals surface area contributed by atoms with Crippen LogP contribution >= 0.6 is 0 Å². The standard InChI is InChI=1S/C6H8N6O/c1-12(2)6-3(7)8-4-5(9-6)11-13-10-4/h1-2H3,(H2,7,8,10). The molecule has 0 atom stereocenters. The van der Waals surface area contributed by atoms with Gasteiger partial charge in [0.15, 0.2) is 11.6 Å². The summed E-state index contributed by atoms with van der Waals surface area (Å²) in [4.78, 5) is 9.81. The number of nitrogens with zero attached hydrogens (tertiary/aromatic N) is 5. The van der Waals surface area contributed by atoms with Crippen LogP contribution in [0.2, 0.25) is 0 Å². The van der Waals surface area contributed by atoms with E-state index in [9.17, 15) is 0 Å². The Morgan fingerprint density at radius 3 is 2.38 bits per heavy atom. The van der Waals surface area contributed by atoms with Crippen molar-refractivity contribution in [3.05, 3.63) is 0 Å². The highest BCUT2D eigenvalue weighted by atomic mass is 16.6. The summed E-state index contributed by atoms with van der Waals surface area (Å²) in [5.41, 5.74) is 6.30. The summed E-state index contributed by atoms with van der Waals surface area (Å²) in [5.74, 6) is 0.872. The lowest BCUT2D eigenvalue weighted by Gasteiger charge is -2.11. The first-order valence-corrected chi connectivity index (χ1v) is 3.61. The molecule has 0 aromatic carbocycles. The van der Waals surface area contributed by atoms with E-state index in [2.05, 4.69) is 24.9 Å². The van der Waals surface area contributed by atoms with Crippen LogP contribution in [0.5, 0.6) is 0 Å². The molecule has 0 spiro atoms. The van der Waals surface area contributed by atoms with Gasteiger partial charge in [-0.2, -0.15) is 0 Å². The molecule has 7 nitrogen and oxygen atoms in total. The molecule has 2 N–H and O–H groups in total. The topological polar surface area (TPSA) is 94.0 Å². The molecular weight excluding hydrogens is 172 g/mol. The lowest BCUT2D eigenvalue weighted by molar-refractivity contribution is 0.314. The molecule has 0 fully saturated rings. The van der Waals surface area contributed by atoms with Gasteiger partial charge in [0.2, 0.25) is 11.3 Å². The van der Waals surface area contributed by atoms with Crippen LogP contribution in [0.3, 0.4) is 0 Å². The van der Waals surface area contributed by atoms with Crippen molar-refractivity contribution >= 4 is 22.9 Å². The van der Waals surface area contributed by atoms with E-state index >= 15 is 0 Å². The van der Waals surface area contributed by atoms with Gasteiger partial charge in [-0.05, 0) is 10.3 Å². The van der Waals surface area contributed by atoms with Crippen LogP contribution < -0.4 is 10.6 Å². The first-order valence-electron chi connectivity index (χ1n) is 3.61. The second-order valence-corrected chi connectivity index (χ2v) is 2.74. The Hall–Kier alpha value is -1.92. The molecule has 0 radical (unpaired) electrons. The molecule has 2 aromatic rings. The van der Waals surface area contributed by atoms with E-state index in [0.29, 0.717) is 22.9 Å². The Bertz CT molecular complexity index is 436. The van der Waals surface area contributed by atoms with Crippen LogP contribution in [0, 0.1) is 0 Å². The van der Waals surface area contributed by atoms with Gasteiger partial charge in [0.05, 0.1) is 0 Å². The zero-order valence-electron chi connectivity index (χ0n) is 7.22. The highest BCUT2D eigenvalue weighted by Gasteiger charge is 2.10. The fraction of sp³-hybridized carbons (Fsp3) is 0.333. The maximum absolute atomic E-state index is 5.62. The number of nitrogens with two attached hydrogens (primary N) is 1. The fourth-order valence-corrected chi connectivity index (χ4v) is 0.971. The number of nitrogen functional groups attached to an aromatic ring is 1. The van der Waals surface area contributed by atoms with Crippen LogP contribution in [0.4, 0.5) is 11.6 Å². The van der Waals surface area contributed by atoms with Crippen molar-refractivity contribution in [1.82, 2.24) is 20.3 Å². The van der Waals surface area contributed by atoms with E-state index in [0.717, 1.165) is 0 Å². The summed E-state index contributed by atoms with van der Waals surface area (Å²) in [6, 6.07) is 0. The molecule has 0 unspecified atom stereocenters. The quantitative estimate of drug-likeness (QED) is 0.641. The predicted octanol–water partition coefficient (Wildman–Crippen LogP) is -0.339. The largest absolute Gasteiger partial charge is 0.381 e. The Morgan fingerprint density at radius 1 is 1.15 bits per heavy atom. The van der Waals surface area contributed by atoms with Gasteiger partial charge in [-0.25, -0.2) is 14.6 Å². The van der Waals surface area contributed by atoms with Gasteiger partial charge in [0.25, 0.3) is 0 Å². The molecule has 0 aliphatic heterocycles. The summed E-state index contributed by atoms with van der Waals surface area (Å²) < 4.78 is 4.46. The zero-order valence-corrected chi connectivity index (χ0v) is 7.22. The molecule has 0 bridgehead atoms. The maximum Gasteiger partial charge on any atom is 0.245 e. The van der Waals surface area contributed by atoms with Gasteiger partial charge < -0.3 is 10.6 Å². The average molecular weight is 180 g/mol. The summed E-state index contributed by atoms with van der Waals surface area (Å²) in [7, 11) is 3.64. The Kier molecular flexibility index (Phi) is 1.51. The molecule has 2 heterocycles. The second kappa shape index (κ2) is 2.54. The number of fused-ring (bicyclic) bond motifs is 1. The molecule has 2 rings (SSSR count). The molecule has 0 saturated heterocycles. The summed E-state index contributed by atoms with van der Waals surface area (Å²) in [5, 5.41) is 7.08. The first-order chi connectivity index (χ1) is 6.18. The third-order valence-corrected chi connectivity index (χ3v) is 1.55. The molecule has 0 amide bonds. The van der Waals surface area contributed by atoms with Gasteiger partial charge in [-0.3, -0.25) is 0 Å². The number of hydrogen-bond donors (Lipinski definition) is 1. The van der Waals surface area contributed by atoms with Crippen molar-refractivity contribution in [1.29, 1.82) is 0 Å². The number of hydrogen-bond acceptors (Lipinski definition) is 7. The minimum Gasteiger partial charge on any atom is -0.381 e. The third-order valence-electron chi connectivity index (χ3n) is 1.55. The van der Waals surface area contributed by atoms with Crippen molar-refractivity contribution < 1.29 is 4.63 Å². The van der Waals surface area contributed by atoms with Crippen molar-refractivity contribution in [3.8, 4) is 0 Å². The molecular formula is C6H8N6O. The Morgan fingerprint density at radius 2 is 1.77 bits per heavy atom. The number of anilines is 2. The Balaban J connectivity index is 2.69. The first kappa shape index (κ1) is 7.71. The minimum atomic E-state index is 0.313. The van der Waals surface area contributed by atoms with Crippen molar-refractivity contribution in [3.63, 3.8) is 0 Å². The molecule has 0 aliphatic carbocycles. The normalized spacial score (nSPS) is 10.6. The van der Waals surface area contributed by atoms with Gasteiger partial charge >= 0.3 is 0 Å². The van der Waals surface area contributed by atoms with Gasteiger partial charge in [0, 0.05) is 14.1 Å². The molecule has 68 valence electrons. The van der Waals surface area contributed by atoms with Crippen LogP contribution in [-0.4, -0.2) is 34.4 Å². The summed E-state index contributed by atoms with van der Waals surface area (Å²) in [6.45, 7) is 0. The van der Waals surface area contributed by atoms with Gasteiger partial charge in [0.1, 0.15) is 0 Å². The maximum atomic E-state index is 5.62. The molecule has 13 heavy (non-hydrogen) atoms. The zero-order chi connectivity index (χ0) is 9.42. The summed E-state index contributed by atoms with van der Waals surface area (Å²) >= 11 is 0. The van der Waals surface area contributed by atoms with E-state index in [1.54, 1.807) is 4.90 Å². The fourth-order valence-electron chi connectivity index (χ4n) is 0.971. The lowest BCUT2D eigenvalue weighted by atomic mass is 10.5. The number of rotatable bonds is 1. The van der Waals surface area contributed by atoms with Crippen molar-refractivity contribution in [2.75, 3.05) is 24.7 Å². The predicted molar refractivity (Wildman–Crippen MR) is 46.1 cm³/mol. The third kappa shape index (κ3) is 1.13. The molecule has 0 aliphatic rings. The van der Waals surface area contributed by atoms with E-state index in [4.69, 9.17) is 5.73 Å². The number of aromatic nitrogens is 4. The average Bonchev–Trinajstić information content (AvgIpc) is 2.48. The highest BCUT2D eigenvalue weighted by molar-refractivity contribution is 5.72.